The van der Waals surface area contributed by atoms with Gasteiger partial charge in [-0.1, -0.05) is 36.0 Å². The molecule has 3 aromatic rings. The van der Waals surface area contributed by atoms with Crippen molar-refractivity contribution in [1.82, 2.24) is 20.6 Å². The van der Waals surface area contributed by atoms with E-state index in [1.54, 1.807) is 18.3 Å². The Hall–Kier alpha value is -2.45. The highest BCUT2D eigenvalue weighted by Gasteiger charge is 2.22. The van der Waals surface area contributed by atoms with Gasteiger partial charge in [0, 0.05) is 10.9 Å². The van der Waals surface area contributed by atoms with Crippen LogP contribution in [-0.4, -0.2) is 32.7 Å². The second-order valence-corrected chi connectivity index (χ2v) is 9.58. The van der Waals surface area contributed by atoms with Crippen molar-refractivity contribution in [3.8, 4) is 10.7 Å². The van der Waals surface area contributed by atoms with Crippen molar-refractivity contribution >= 4 is 45.9 Å². The summed E-state index contributed by atoms with van der Waals surface area (Å²) >= 11 is 2.88. The van der Waals surface area contributed by atoms with E-state index in [1.165, 1.54) is 11.8 Å². The predicted molar refractivity (Wildman–Crippen MR) is 115 cm³/mol. The number of urea groups is 1. The van der Waals surface area contributed by atoms with Crippen LogP contribution in [0.5, 0.6) is 0 Å². The molecular formula is C20H22N4O2S2. The van der Waals surface area contributed by atoms with Crippen LogP contribution in [0.2, 0.25) is 0 Å². The Morgan fingerprint density at radius 3 is 2.54 bits per heavy atom. The molecule has 0 bridgehead atoms. The SMILES string of the molecule is C[C@H](Sc1nc(-c2cccs2)nc2ccccc12)C(=O)NC(=O)NC(C)(C)C. The van der Waals surface area contributed by atoms with Crippen molar-refractivity contribution in [2.24, 2.45) is 0 Å². The number of aromatic nitrogens is 2. The normalized spacial score (nSPS) is 12.6. The minimum atomic E-state index is -0.503. The third kappa shape index (κ3) is 5.08. The summed E-state index contributed by atoms with van der Waals surface area (Å²) in [6.45, 7) is 7.32. The Labute approximate surface area is 172 Å². The Kier molecular flexibility index (Phi) is 6.00. The van der Waals surface area contributed by atoms with Gasteiger partial charge in [0.1, 0.15) is 5.03 Å². The van der Waals surface area contributed by atoms with Crippen LogP contribution in [0.25, 0.3) is 21.6 Å². The molecule has 146 valence electrons. The highest BCUT2D eigenvalue weighted by atomic mass is 32.2. The maximum atomic E-state index is 12.5. The number of amides is 3. The zero-order valence-corrected chi connectivity index (χ0v) is 17.8. The minimum Gasteiger partial charge on any atom is -0.333 e. The van der Waals surface area contributed by atoms with Gasteiger partial charge < -0.3 is 5.32 Å². The predicted octanol–water partition coefficient (Wildman–Crippen LogP) is 4.46. The quantitative estimate of drug-likeness (QED) is 0.486. The van der Waals surface area contributed by atoms with Crippen molar-refractivity contribution in [3.63, 3.8) is 0 Å². The van der Waals surface area contributed by atoms with Gasteiger partial charge in [-0.25, -0.2) is 14.8 Å². The molecule has 2 heterocycles. The van der Waals surface area contributed by atoms with Crippen LogP contribution in [-0.2, 0) is 4.79 Å². The molecule has 0 aliphatic heterocycles. The van der Waals surface area contributed by atoms with Crippen molar-refractivity contribution in [2.45, 2.75) is 43.5 Å². The van der Waals surface area contributed by atoms with Crippen molar-refractivity contribution in [2.75, 3.05) is 0 Å². The van der Waals surface area contributed by atoms with Crippen LogP contribution in [0.4, 0.5) is 4.79 Å². The fraction of sp³-hybridized carbons (Fsp3) is 0.300. The molecule has 3 amide bonds. The first-order valence-corrected chi connectivity index (χ1v) is 10.6. The van der Waals surface area contributed by atoms with Gasteiger partial charge >= 0.3 is 6.03 Å². The molecule has 0 unspecified atom stereocenters. The van der Waals surface area contributed by atoms with Crippen LogP contribution in [0.3, 0.4) is 0 Å². The van der Waals surface area contributed by atoms with Crippen molar-refractivity contribution < 1.29 is 9.59 Å². The van der Waals surface area contributed by atoms with Gasteiger partial charge in [-0.3, -0.25) is 10.1 Å². The van der Waals surface area contributed by atoms with Gasteiger partial charge in [0.2, 0.25) is 5.91 Å². The van der Waals surface area contributed by atoms with E-state index in [0.29, 0.717) is 10.9 Å². The topological polar surface area (TPSA) is 84.0 Å². The number of thioether (sulfide) groups is 1. The number of hydrogen-bond donors (Lipinski definition) is 2. The Morgan fingerprint density at radius 1 is 1.11 bits per heavy atom. The van der Waals surface area contributed by atoms with E-state index in [9.17, 15) is 9.59 Å². The zero-order valence-electron chi connectivity index (χ0n) is 16.1. The first kappa shape index (κ1) is 20.3. The number of thiophene rings is 1. The second kappa shape index (κ2) is 8.28. The van der Waals surface area contributed by atoms with Gasteiger partial charge in [-0.15, -0.1) is 11.3 Å². The van der Waals surface area contributed by atoms with Crippen molar-refractivity contribution in [3.05, 3.63) is 41.8 Å². The van der Waals surface area contributed by atoms with E-state index in [1.807, 2.05) is 62.5 Å². The molecule has 6 nitrogen and oxygen atoms in total. The molecule has 0 fully saturated rings. The lowest BCUT2D eigenvalue weighted by Crippen LogP contribution is -2.49. The lowest BCUT2D eigenvalue weighted by Gasteiger charge is -2.21. The number of imide groups is 1. The number of fused-ring (bicyclic) bond motifs is 1. The number of carbonyl (C=O) groups excluding carboxylic acids is 2. The molecule has 2 aromatic heterocycles. The molecule has 8 heteroatoms. The van der Waals surface area contributed by atoms with E-state index in [4.69, 9.17) is 0 Å². The fourth-order valence-corrected chi connectivity index (χ4v) is 4.06. The third-order valence-corrected chi connectivity index (χ3v) is 5.66. The lowest BCUT2D eigenvalue weighted by atomic mass is 10.1. The number of hydrogen-bond acceptors (Lipinski definition) is 6. The Balaban J connectivity index is 1.83. The Bertz CT molecular complexity index is 997. The first-order chi connectivity index (χ1) is 13.2. The summed E-state index contributed by atoms with van der Waals surface area (Å²) in [5.74, 6) is 0.265. The van der Waals surface area contributed by atoms with Gasteiger partial charge in [-0.2, -0.15) is 0 Å². The molecule has 0 aliphatic rings. The van der Waals surface area contributed by atoms with E-state index in [2.05, 4.69) is 20.6 Å². The number of para-hydroxylation sites is 1. The largest absolute Gasteiger partial charge is 0.333 e. The average molecular weight is 415 g/mol. The molecule has 0 saturated carbocycles. The summed E-state index contributed by atoms with van der Waals surface area (Å²) in [5, 5.41) is 8.19. The van der Waals surface area contributed by atoms with Crippen LogP contribution in [0.1, 0.15) is 27.7 Å². The molecule has 2 N–H and O–H groups in total. The maximum absolute atomic E-state index is 12.5. The molecule has 1 aromatic carbocycles. The first-order valence-electron chi connectivity index (χ1n) is 8.83. The zero-order chi connectivity index (χ0) is 20.3. The summed E-state index contributed by atoms with van der Waals surface area (Å²) < 4.78 is 0. The lowest BCUT2D eigenvalue weighted by molar-refractivity contribution is -0.119. The van der Waals surface area contributed by atoms with Crippen LogP contribution < -0.4 is 10.6 Å². The van der Waals surface area contributed by atoms with Crippen molar-refractivity contribution in [1.29, 1.82) is 0 Å². The molecule has 0 radical (unpaired) electrons. The van der Waals surface area contributed by atoms with Crippen LogP contribution in [0, 0.1) is 0 Å². The smallest absolute Gasteiger partial charge is 0.321 e. The average Bonchev–Trinajstić information content (AvgIpc) is 3.14. The number of carbonyl (C=O) groups is 2. The standard InChI is InChI=1S/C20H22N4O2S2/c1-12(17(25)23-19(26)24-20(2,3)4)28-18-13-8-5-6-9-14(13)21-16(22-18)15-10-7-11-27-15/h5-12H,1-4H3,(H2,23,24,25,26)/t12-/m0/s1. The number of benzene rings is 1. The van der Waals surface area contributed by atoms with E-state index >= 15 is 0 Å². The molecule has 28 heavy (non-hydrogen) atoms. The number of rotatable bonds is 4. The highest BCUT2D eigenvalue weighted by Crippen LogP contribution is 2.32. The minimum absolute atomic E-state index is 0.368. The number of nitrogens with one attached hydrogen (secondary N) is 2. The summed E-state index contributed by atoms with van der Waals surface area (Å²) in [5.41, 5.74) is 0.403. The third-order valence-electron chi connectivity index (χ3n) is 3.69. The van der Waals surface area contributed by atoms with E-state index in [-0.39, 0.29) is 5.91 Å². The molecule has 3 rings (SSSR count). The Morgan fingerprint density at radius 2 is 1.86 bits per heavy atom. The second-order valence-electron chi connectivity index (χ2n) is 7.30. The van der Waals surface area contributed by atoms with Gasteiger partial charge in [0.15, 0.2) is 5.82 Å². The molecular weight excluding hydrogens is 392 g/mol. The number of nitrogens with zero attached hydrogens (tertiary/aromatic N) is 2. The summed E-state index contributed by atoms with van der Waals surface area (Å²) in [4.78, 5) is 34.7. The summed E-state index contributed by atoms with van der Waals surface area (Å²) in [6.07, 6.45) is 0. The van der Waals surface area contributed by atoms with E-state index in [0.717, 1.165) is 15.8 Å². The van der Waals surface area contributed by atoms with Gasteiger partial charge in [-0.05, 0) is 45.2 Å². The summed E-state index contributed by atoms with van der Waals surface area (Å²) in [6, 6.07) is 11.1. The summed E-state index contributed by atoms with van der Waals surface area (Å²) in [7, 11) is 0. The highest BCUT2D eigenvalue weighted by molar-refractivity contribution is 8.00. The molecule has 1 atom stereocenters. The van der Waals surface area contributed by atoms with Crippen LogP contribution in [0.15, 0.2) is 46.8 Å². The maximum Gasteiger partial charge on any atom is 0.321 e. The van der Waals surface area contributed by atoms with Crippen LogP contribution >= 0.6 is 23.1 Å². The molecule has 0 aliphatic carbocycles. The molecule has 0 spiro atoms. The monoisotopic (exact) mass is 414 g/mol. The van der Waals surface area contributed by atoms with Gasteiger partial charge in [0.25, 0.3) is 0 Å². The molecule has 0 saturated heterocycles. The fourth-order valence-electron chi connectivity index (χ4n) is 2.46. The van der Waals surface area contributed by atoms with E-state index < -0.39 is 16.8 Å². The van der Waals surface area contributed by atoms with Gasteiger partial charge in [0.05, 0.1) is 15.6 Å².